The number of hydrogen-bond acceptors (Lipinski definition) is 7. The van der Waals surface area contributed by atoms with E-state index in [1.54, 1.807) is 0 Å². The second-order valence-electron chi connectivity index (χ2n) is 6.07. The predicted molar refractivity (Wildman–Crippen MR) is 79.0 cm³/mol. The third kappa shape index (κ3) is 5.14. The van der Waals surface area contributed by atoms with Crippen LogP contribution in [0.15, 0.2) is 20.5 Å². The van der Waals surface area contributed by atoms with Crippen molar-refractivity contribution in [1.29, 1.82) is 0 Å². The second kappa shape index (κ2) is 6.47. The van der Waals surface area contributed by atoms with Gasteiger partial charge in [0.15, 0.2) is 11.3 Å². The Hall–Kier alpha value is -1.90. The number of nitrogens with two attached hydrogens (primary N) is 1. The maximum Gasteiger partial charge on any atom is 0.242 e. The molecule has 2 aliphatic rings. The molecular formula is C13H23N7O2. The Labute approximate surface area is 129 Å². The van der Waals surface area contributed by atoms with Gasteiger partial charge >= 0.3 is 0 Å². The van der Waals surface area contributed by atoms with Crippen molar-refractivity contribution >= 4 is 11.8 Å². The first kappa shape index (κ1) is 16.5. The van der Waals surface area contributed by atoms with Crippen LogP contribution in [0.3, 0.4) is 0 Å². The summed E-state index contributed by atoms with van der Waals surface area (Å²) >= 11 is 0. The van der Waals surface area contributed by atoms with E-state index in [1.807, 2.05) is 13.8 Å². The number of carbonyl (C=O) groups excluding carboxylic acids is 2. The van der Waals surface area contributed by atoms with Crippen LogP contribution in [0.4, 0.5) is 0 Å². The van der Waals surface area contributed by atoms with Gasteiger partial charge in [-0.3, -0.25) is 9.59 Å². The standard InChI is InChI=1S/C13H23N7O2/c1-12(17-18-12)5-3-10(21)16-9(4-7-14)11(22)15-8-6-13(2)19-20-13/h9H,3-8,14H2,1-2H3,(H,15,22)(H,16,21)/t9-/m0/s1. The van der Waals surface area contributed by atoms with Gasteiger partial charge in [-0.05, 0) is 26.8 Å². The van der Waals surface area contributed by atoms with E-state index in [0.717, 1.165) is 0 Å². The molecule has 0 radical (unpaired) electrons. The van der Waals surface area contributed by atoms with Crippen LogP contribution < -0.4 is 16.4 Å². The third-order valence-corrected chi connectivity index (χ3v) is 3.71. The molecule has 0 aliphatic carbocycles. The van der Waals surface area contributed by atoms with E-state index < -0.39 is 11.7 Å². The van der Waals surface area contributed by atoms with Gasteiger partial charge in [0.2, 0.25) is 11.8 Å². The molecule has 2 rings (SSSR count). The number of amides is 2. The molecule has 2 amide bonds. The molecule has 0 aromatic rings. The SMILES string of the molecule is CC1(CCNC(=O)[C@H](CCN)NC(=O)CCC2(C)N=N2)N=N1. The van der Waals surface area contributed by atoms with E-state index in [9.17, 15) is 9.59 Å². The molecule has 0 saturated carbocycles. The summed E-state index contributed by atoms with van der Waals surface area (Å²) in [5, 5.41) is 21.0. The first-order chi connectivity index (χ1) is 10.4. The molecule has 2 aliphatic heterocycles. The summed E-state index contributed by atoms with van der Waals surface area (Å²) in [6, 6.07) is -0.612. The highest BCUT2D eigenvalue weighted by atomic mass is 16.2. The van der Waals surface area contributed by atoms with Gasteiger partial charge in [0.25, 0.3) is 0 Å². The summed E-state index contributed by atoms with van der Waals surface area (Å²) in [5.74, 6) is -0.415. The van der Waals surface area contributed by atoms with Crippen molar-refractivity contribution in [3.63, 3.8) is 0 Å². The summed E-state index contributed by atoms with van der Waals surface area (Å²) < 4.78 is 0. The van der Waals surface area contributed by atoms with Gasteiger partial charge in [0, 0.05) is 25.8 Å². The Morgan fingerprint density at radius 2 is 1.68 bits per heavy atom. The minimum absolute atomic E-state index is 0.189. The van der Waals surface area contributed by atoms with Crippen LogP contribution in [0.25, 0.3) is 0 Å². The predicted octanol–water partition coefficient (Wildman–Crippen LogP) is 0.471. The van der Waals surface area contributed by atoms with Crippen molar-refractivity contribution < 1.29 is 9.59 Å². The fraction of sp³-hybridized carbons (Fsp3) is 0.846. The molecule has 0 aromatic carbocycles. The summed E-state index contributed by atoms with van der Waals surface area (Å²) in [7, 11) is 0. The van der Waals surface area contributed by atoms with Crippen LogP contribution in [-0.4, -0.2) is 42.3 Å². The highest BCUT2D eigenvalue weighted by molar-refractivity contribution is 5.87. The topological polar surface area (TPSA) is 134 Å². The fourth-order valence-corrected chi connectivity index (χ4v) is 1.97. The highest BCUT2D eigenvalue weighted by Gasteiger charge is 2.35. The van der Waals surface area contributed by atoms with Crippen LogP contribution in [0.5, 0.6) is 0 Å². The third-order valence-electron chi connectivity index (χ3n) is 3.71. The number of rotatable bonds is 10. The monoisotopic (exact) mass is 309 g/mol. The van der Waals surface area contributed by atoms with Crippen LogP contribution in [0, 0.1) is 0 Å². The lowest BCUT2D eigenvalue weighted by Crippen LogP contribution is -2.48. The zero-order chi connectivity index (χ0) is 16.2. The maximum atomic E-state index is 12.1. The number of nitrogens with one attached hydrogen (secondary N) is 2. The Kier molecular flexibility index (Phi) is 4.84. The first-order valence-electron chi connectivity index (χ1n) is 7.51. The molecule has 22 heavy (non-hydrogen) atoms. The van der Waals surface area contributed by atoms with Gasteiger partial charge in [-0.15, -0.1) is 0 Å². The number of carbonyl (C=O) groups is 2. The van der Waals surface area contributed by atoms with Crippen LogP contribution in [-0.2, 0) is 9.59 Å². The normalized spacial score (nSPS) is 20.3. The summed E-state index contributed by atoms with van der Waals surface area (Å²) in [6.07, 6.45) is 1.89. The first-order valence-corrected chi connectivity index (χ1v) is 7.51. The number of nitrogens with zero attached hydrogens (tertiary/aromatic N) is 4. The van der Waals surface area contributed by atoms with Gasteiger partial charge in [0.1, 0.15) is 6.04 Å². The molecule has 4 N–H and O–H groups in total. The van der Waals surface area contributed by atoms with E-state index in [1.165, 1.54) is 0 Å². The van der Waals surface area contributed by atoms with Gasteiger partial charge in [-0.1, -0.05) is 0 Å². The Bertz CT molecular complexity index is 491. The van der Waals surface area contributed by atoms with Crippen molar-refractivity contribution in [3.05, 3.63) is 0 Å². The molecule has 9 heteroatoms. The quantitative estimate of drug-likeness (QED) is 0.541. The zero-order valence-electron chi connectivity index (χ0n) is 13.0. The van der Waals surface area contributed by atoms with Crippen LogP contribution in [0.1, 0.15) is 39.5 Å². The highest BCUT2D eigenvalue weighted by Crippen LogP contribution is 2.31. The lowest BCUT2D eigenvalue weighted by molar-refractivity contribution is -0.129. The average Bonchev–Trinajstić information content (AvgIpc) is 3.37. The minimum Gasteiger partial charge on any atom is -0.354 e. The van der Waals surface area contributed by atoms with E-state index in [4.69, 9.17) is 5.73 Å². The molecule has 1 atom stereocenters. The van der Waals surface area contributed by atoms with Crippen LogP contribution in [0.2, 0.25) is 0 Å². The van der Waals surface area contributed by atoms with Crippen molar-refractivity contribution in [2.24, 2.45) is 26.2 Å². The summed E-state index contributed by atoms with van der Waals surface area (Å²) in [4.78, 5) is 24.0. The van der Waals surface area contributed by atoms with Gasteiger partial charge in [-0.25, -0.2) is 0 Å². The summed E-state index contributed by atoms with van der Waals surface area (Å²) in [6.45, 7) is 4.55. The molecule has 0 saturated heterocycles. The van der Waals surface area contributed by atoms with E-state index in [-0.39, 0.29) is 23.9 Å². The maximum absolute atomic E-state index is 12.1. The zero-order valence-corrected chi connectivity index (χ0v) is 13.0. The molecule has 122 valence electrons. The molecule has 0 aromatic heterocycles. The van der Waals surface area contributed by atoms with Crippen molar-refractivity contribution in [3.8, 4) is 0 Å². The van der Waals surface area contributed by atoms with Gasteiger partial charge in [-0.2, -0.15) is 20.5 Å². The Morgan fingerprint density at radius 1 is 1.09 bits per heavy atom. The Morgan fingerprint density at radius 3 is 2.23 bits per heavy atom. The second-order valence-corrected chi connectivity index (χ2v) is 6.07. The van der Waals surface area contributed by atoms with Gasteiger partial charge < -0.3 is 16.4 Å². The summed E-state index contributed by atoms with van der Waals surface area (Å²) in [5.41, 5.74) is 4.77. The van der Waals surface area contributed by atoms with E-state index in [2.05, 4.69) is 31.1 Å². The fourth-order valence-electron chi connectivity index (χ4n) is 1.97. The van der Waals surface area contributed by atoms with Gasteiger partial charge in [0.05, 0.1) is 0 Å². The molecule has 0 unspecified atom stereocenters. The molecule has 2 heterocycles. The van der Waals surface area contributed by atoms with Crippen molar-refractivity contribution in [2.45, 2.75) is 56.9 Å². The van der Waals surface area contributed by atoms with Crippen LogP contribution >= 0.6 is 0 Å². The number of hydrogen-bond donors (Lipinski definition) is 3. The molecule has 0 fully saturated rings. The smallest absolute Gasteiger partial charge is 0.242 e. The lowest BCUT2D eigenvalue weighted by Gasteiger charge is -2.18. The lowest BCUT2D eigenvalue weighted by atomic mass is 10.1. The molecular weight excluding hydrogens is 286 g/mol. The minimum atomic E-state index is -0.612. The van der Waals surface area contributed by atoms with E-state index in [0.29, 0.717) is 32.4 Å². The van der Waals surface area contributed by atoms with Crippen molar-refractivity contribution in [1.82, 2.24) is 10.6 Å². The largest absolute Gasteiger partial charge is 0.354 e. The molecule has 0 bridgehead atoms. The Balaban J connectivity index is 1.69. The van der Waals surface area contributed by atoms with E-state index >= 15 is 0 Å². The van der Waals surface area contributed by atoms with Crippen molar-refractivity contribution in [2.75, 3.05) is 13.1 Å². The molecule has 0 spiro atoms. The average molecular weight is 309 g/mol. The molecule has 9 nitrogen and oxygen atoms in total.